The fourth-order valence-corrected chi connectivity index (χ4v) is 5.45. The average Bonchev–Trinajstić information content (AvgIpc) is 2.81. The second-order valence-electron chi connectivity index (χ2n) is 8.79. The third kappa shape index (κ3) is 3.27. The SMILES string of the molecule is CCN1C(=O)c2c(O)c(=O)c(C(=O)NCc3ccc(F)cc3F)cn2N2C3CCC(CC3)C12. The van der Waals surface area contributed by atoms with Crippen LogP contribution in [0.3, 0.4) is 0 Å². The fourth-order valence-electron chi connectivity index (χ4n) is 5.45. The molecule has 1 atom stereocenters. The molecule has 4 aliphatic rings. The van der Waals surface area contributed by atoms with Gasteiger partial charge in [0.2, 0.25) is 5.43 Å². The van der Waals surface area contributed by atoms with Gasteiger partial charge in [0, 0.05) is 37.0 Å². The van der Waals surface area contributed by atoms with Gasteiger partial charge >= 0.3 is 0 Å². The van der Waals surface area contributed by atoms with Crippen LogP contribution in [0, 0.1) is 17.6 Å². The van der Waals surface area contributed by atoms with E-state index in [9.17, 15) is 28.3 Å². The van der Waals surface area contributed by atoms with E-state index >= 15 is 0 Å². The van der Waals surface area contributed by atoms with Gasteiger partial charge in [0.1, 0.15) is 23.4 Å². The number of carbonyl (C=O) groups excluding carboxylic acids is 2. The Labute approximate surface area is 188 Å². The Balaban J connectivity index is 1.53. The van der Waals surface area contributed by atoms with Crippen LogP contribution >= 0.6 is 0 Å². The maximum absolute atomic E-state index is 13.9. The largest absolute Gasteiger partial charge is 0.502 e. The molecule has 0 radical (unpaired) electrons. The molecular weight excluding hydrogens is 434 g/mol. The van der Waals surface area contributed by atoms with E-state index in [-0.39, 0.29) is 41.5 Å². The van der Waals surface area contributed by atoms with E-state index in [4.69, 9.17) is 0 Å². The Morgan fingerprint density at radius 3 is 2.58 bits per heavy atom. The van der Waals surface area contributed by atoms with Gasteiger partial charge < -0.3 is 15.3 Å². The predicted molar refractivity (Wildman–Crippen MR) is 114 cm³/mol. The van der Waals surface area contributed by atoms with Gasteiger partial charge in [0.15, 0.2) is 11.4 Å². The first-order valence-corrected chi connectivity index (χ1v) is 11.1. The van der Waals surface area contributed by atoms with E-state index in [1.807, 2.05) is 11.9 Å². The summed E-state index contributed by atoms with van der Waals surface area (Å²) in [4.78, 5) is 40.6. The molecule has 1 aliphatic carbocycles. The normalized spacial score (nSPS) is 23.4. The van der Waals surface area contributed by atoms with Gasteiger partial charge in [-0.25, -0.2) is 8.78 Å². The topological polar surface area (TPSA) is 94.9 Å². The second kappa shape index (κ2) is 7.86. The van der Waals surface area contributed by atoms with Crippen LogP contribution < -0.4 is 15.8 Å². The molecule has 2 saturated heterocycles. The van der Waals surface area contributed by atoms with Gasteiger partial charge in [0.25, 0.3) is 11.8 Å². The van der Waals surface area contributed by atoms with E-state index in [0.717, 1.165) is 31.7 Å². The molecular formula is C23H24F2N4O4. The molecule has 6 rings (SSSR count). The Morgan fingerprint density at radius 2 is 1.91 bits per heavy atom. The standard InChI is InChI=1S/C23H24F2N4O4/c1-2-27-22-12-4-7-15(8-5-12)29(22)28-11-16(19(30)20(31)18(28)23(27)33)21(32)26-10-13-3-6-14(24)9-17(13)25/h3,6,9,11-12,15,22,31H,2,4-5,7-8,10H2,1H3,(H,26,32). The Bertz CT molecular complexity index is 1210. The molecule has 2 aromatic rings. The van der Waals surface area contributed by atoms with Crippen molar-refractivity contribution in [3.63, 3.8) is 0 Å². The first-order chi connectivity index (χ1) is 15.8. The highest BCUT2D eigenvalue weighted by atomic mass is 19.1. The molecule has 2 N–H and O–H groups in total. The maximum Gasteiger partial charge on any atom is 0.278 e. The summed E-state index contributed by atoms with van der Waals surface area (Å²) in [5, 5.41) is 15.1. The van der Waals surface area contributed by atoms with Crippen LogP contribution in [0.5, 0.6) is 5.75 Å². The summed E-state index contributed by atoms with van der Waals surface area (Å²) < 4.78 is 28.5. The van der Waals surface area contributed by atoms with Crippen LogP contribution in [0.4, 0.5) is 8.78 Å². The van der Waals surface area contributed by atoms with E-state index in [1.165, 1.54) is 16.9 Å². The number of pyridine rings is 1. The lowest BCUT2D eigenvalue weighted by atomic mass is 9.77. The number of benzene rings is 1. The molecule has 3 fully saturated rings. The summed E-state index contributed by atoms with van der Waals surface area (Å²) >= 11 is 0. The summed E-state index contributed by atoms with van der Waals surface area (Å²) in [6, 6.07) is 3.10. The first-order valence-electron chi connectivity index (χ1n) is 11.1. The lowest BCUT2D eigenvalue weighted by Gasteiger charge is -2.58. The molecule has 4 heterocycles. The Hall–Kier alpha value is -3.43. The molecule has 10 heteroatoms. The maximum atomic E-state index is 13.9. The van der Waals surface area contributed by atoms with Gasteiger partial charge in [-0.15, -0.1) is 0 Å². The molecule has 0 spiro atoms. The number of rotatable bonds is 4. The lowest BCUT2D eigenvalue weighted by molar-refractivity contribution is 0.0159. The summed E-state index contributed by atoms with van der Waals surface area (Å²) in [6.07, 6.45) is 4.93. The summed E-state index contributed by atoms with van der Waals surface area (Å²) in [5.74, 6) is -3.33. The third-order valence-electron chi connectivity index (χ3n) is 7.04. The number of aromatic hydroxyl groups is 1. The van der Waals surface area contributed by atoms with Gasteiger partial charge in [0.05, 0.1) is 0 Å². The molecule has 174 valence electrons. The van der Waals surface area contributed by atoms with Crippen molar-refractivity contribution in [1.82, 2.24) is 14.9 Å². The highest BCUT2D eigenvalue weighted by molar-refractivity contribution is 5.99. The molecule has 2 bridgehead atoms. The molecule has 2 amide bonds. The number of nitrogens with one attached hydrogen (secondary N) is 1. The molecule has 1 saturated carbocycles. The van der Waals surface area contributed by atoms with E-state index in [2.05, 4.69) is 5.32 Å². The Morgan fingerprint density at radius 1 is 1.18 bits per heavy atom. The first kappa shape index (κ1) is 21.4. The monoisotopic (exact) mass is 458 g/mol. The minimum atomic E-state index is -0.969. The summed E-state index contributed by atoms with van der Waals surface area (Å²) in [6.45, 7) is 2.02. The zero-order valence-electron chi connectivity index (χ0n) is 18.1. The number of aromatic nitrogens is 1. The van der Waals surface area contributed by atoms with Crippen molar-refractivity contribution in [3.05, 3.63) is 63.1 Å². The van der Waals surface area contributed by atoms with Crippen molar-refractivity contribution in [2.24, 2.45) is 5.92 Å². The molecule has 1 unspecified atom stereocenters. The molecule has 1 aromatic heterocycles. The molecule has 33 heavy (non-hydrogen) atoms. The fraction of sp³-hybridized carbons (Fsp3) is 0.435. The van der Waals surface area contributed by atoms with Crippen LogP contribution in [-0.4, -0.2) is 45.2 Å². The number of amides is 2. The van der Waals surface area contributed by atoms with Gasteiger partial charge in [-0.3, -0.25) is 24.1 Å². The van der Waals surface area contributed by atoms with Crippen LogP contribution in [0.25, 0.3) is 0 Å². The highest BCUT2D eigenvalue weighted by Gasteiger charge is 2.50. The van der Waals surface area contributed by atoms with E-state index < -0.39 is 34.6 Å². The van der Waals surface area contributed by atoms with Crippen LogP contribution in [0.2, 0.25) is 0 Å². The summed E-state index contributed by atoms with van der Waals surface area (Å²) in [5.41, 5.74) is -1.42. The minimum Gasteiger partial charge on any atom is -0.502 e. The number of nitrogens with zero attached hydrogens (tertiary/aromatic N) is 3. The van der Waals surface area contributed by atoms with E-state index in [0.29, 0.717) is 12.6 Å². The minimum absolute atomic E-state index is 0.0502. The average molecular weight is 458 g/mol. The third-order valence-corrected chi connectivity index (χ3v) is 7.04. The van der Waals surface area contributed by atoms with Crippen molar-refractivity contribution in [3.8, 4) is 5.75 Å². The molecule has 8 nitrogen and oxygen atoms in total. The zero-order valence-corrected chi connectivity index (χ0v) is 18.1. The highest BCUT2D eigenvalue weighted by Crippen LogP contribution is 2.43. The zero-order chi connectivity index (χ0) is 23.4. The van der Waals surface area contributed by atoms with Gasteiger partial charge in [-0.05, 0) is 44.6 Å². The number of halogens is 2. The lowest BCUT2D eigenvalue weighted by Crippen LogP contribution is -2.71. The van der Waals surface area contributed by atoms with E-state index in [1.54, 1.807) is 4.90 Å². The van der Waals surface area contributed by atoms with Gasteiger partial charge in [-0.2, -0.15) is 0 Å². The Kier molecular flexibility index (Phi) is 5.10. The van der Waals surface area contributed by atoms with Crippen LogP contribution in [-0.2, 0) is 6.54 Å². The van der Waals surface area contributed by atoms with Crippen molar-refractivity contribution >= 4 is 11.8 Å². The molecule has 1 aromatic carbocycles. The van der Waals surface area contributed by atoms with Crippen molar-refractivity contribution < 1.29 is 23.5 Å². The molecule has 3 aliphatic heterocycles. The van der Waals surface area contributed by atoms with Gasteiger partial charge in [-0.1, -0.05) is 6.07 Å². The number of hydrogen-bond donors (Lipinski definition) is 2. The van der Waals surface area contributed by atoms with Crippen molar-refractivity contribution in [1.29, 1.82) is 0 Å². The smallest absolute Gasteiger partial charge is 0.278 e. The van der Waals surface area contributed by atoms with Crippen LogP contribution in [0.1, 0.15) is 59.0 Å². The number of carbonyl (C=O) groups is 2. The number of fused-ring (bicyclic) bond motifs is 3. The number of piperidine rings is 2. The quantitative estimate of drug-likeness (QED) is 0.732. The van der Waals surface area contributed by atoms with Crippen molar-refractivity contribution in [2.75, 3.05) is 11.6 Å². The predicted octanol–water partition coefficient (Wildman–Crippen LogP) is 2.07. The van der Waals surface area contributed by atoms with Crippen molar-refractivity contribution in [2.45, 2.75) is 51.4 Å². The number of hydrogen-bond acceptors (Lipinski definition) is 5. The summed E-state index contributed by atoms with van der Waals surface area (Å²) in [7, 11) is 0. The van der Waals surface area contributed by atoms with Crippen LogP contribution in [0.15, 0.2) is 29.2 Å². The second-order valence-corrected chi connectivity index (χ2v) is 8.79.